The van der Waals surface area contributed by atoms with Gasteiger partial charge < -0.3 is 14.2 Å². The van der Waals surface area contributed by atoms with Crippen LogP contribution in [0.1, 0.15) is 10.4 Å². The lowest BCUT2D eigenvalue weighted by Crippen LogP contribution is -1.98. The Hall–Kier alpha value is -3.06. The fourth-order valence-corrected chi connectivity index (χ4v) is 3.40. The summed E-state index contributed by atoms with van der Waals surface area (Å²) in [6, 6.07) is 13.7. The summed E-state index contributed by atoms with van der Waals surface area (Å²) in [6.45, 7) is 2.05. The molecule has 2 aromatic carbocycles. The van der Waals surface area contributed by atoms with Crippen LogP contribution in [0, 0.1) is 6.92 Å². The van der Waals surface area contributed by atoms with E-state index in [1.54, 1.807) is 44.9 Å². The molecule has 140 valence electrons. The van der Waals surface area contributed by atoms with Gasteiger partial charge >= 0.3 is 0 Å². The van der Waals surface area contributed by atoms with Crippen molar-refractivity contribution in [1.82, 2.24) is 4.98 Å². The number of thiazole rings is 1. The van der Waals surface area contributed by atoms with Gasteiger partial charge in [-0.3, -0.25) is 5.43 Å². The molecule has 0 unspecified atom stereocenters. The van der Waals surface area contributed by atoms with Crippen molar-refractivity contribution in [3.05, 3.63) is 52.9 Å². The topological polar surface area (TPSA) is 65.0 Å². The Bertz CT molecular complexity index is 939. The summed E-state index contributed by atoms with van der Waals surface area (Å²) in [5.41, 5.74) is 5.80. The van der Waals surface area contributed by atoms with E-state index in [0.717, 1.165) is 26.8 Å². The Morgan fingerprint density at radius 1 is 0.963 bits per heavy atom. The Labute approximate surface area is 162 Å². The molecule has 1 N–H and O–H groups in total. The first-order valence-electron chi connectivity index (χ1n) is 8.28. The van der Waals surface area contributed by atoms with Gasteiger partial charge in [-0.1, -0.05) is 30.3 Å². The molecule has 0 bridgehead atoms. The third kappa shape index (κ3) is 4.20. The molecule has 0 aliphatic rings. The van der Waals surface area contributed by atoms with Crippen LogP contribution in [0.25, 0.3) is 11.3 Å². The molecule has 0 fully saturated rings. The Morgan fingerprint density at radius 3 is 2.30 bits per heavy atom. The van der Waals surface area contributed by atoms with Crippen LogP contribution in [0.5, 0.6) is 17.2 Å². The molecule has 0 aliphatic heterocycles. The summed E-state index contributed by atoms with van der Waals surface area (Å²) in [7, 11) is 4.77. The van der Waals surface area contributed by atoms with Crippen molar-refractivity contribution in [3.8, 4) is 28.5 Å². The van der Waals surface area contributed by atoms with Crippen LogP contribution in [-0.2, 0) is 0 Å². The van der Waals surface area contributed by atoms with E-state index in [9.17, 15) is 0 Å². The van der Waals surface area contributed by atoms with E-state index in [0.29, 0.717) is 17.2 Å². The van der Waals surface area contributed by atoms with Gasteiger partial charge in [0.25, 0.3) is 0 Å². The molecular weight excluding hydrogens is 362 g/mol. The molecule has 27 heavy (non-hydrogen) atoms. The number of aryl methyl sites for hydroxylation is 1. The predicted molar refractivity (Wildman–Crippen MR) is 110 cm³/mol. The number of benzene rings is 2. The lowest BCUT2D eigenvalue weighted by molar-refractivity contribution is 0.349. The molecule has 1 heterocycles. The van der Waals surface area contributed by atoms with E-state index in [1.165, 1.54) is 0 Å². The van der Waals surface area contributed by atoms with Gasteiger partial charge in [-0.2, -0.15) is 5.10 Å². The van der Waals surface area contributed by atoms with Gasteiger partial charge in [0.05, 0.1) is 33.2 Å². The van der Waals surface area contributed by atoms with E-state index in [-0.39, 0.29) is 0 Å². The Balaban J connectivity index is 1.80. The van der Waals surface area contributed by atoms with Crippen LogP contribution in [0.15, 0.2) is 47.6 Å². The zero-order valence-electron chi connectivity index (χ0n) is 15.6. The molecule has 0 radical (unpaired) electrons. The molecular formula is C20H21N3O3S. The molecule has 0 saturated carbocycles. The SMILES string of the molecule is COc1cc(OC)c(OC)cc1/C=N\Nc1nc(-c2ccccc2)c(C)s1. The lowest BCUT2D eigenvalue weighted by Gasteiger charge is -2.11. The number of hydrogen-bond acceptors (Lipinski definition) is 7. The maximum absolute atomic E-state index is 5.40. The minimum Gasteiger partial charge on any atom is -0.496 e. The second kappa shape index (κ2) is 8.55. The number of nitrogens with one attached hydrogen (secondary N) is 1. The second-order valence-electron chi connectivity index (χ2n) is 5.61. The summed E-state index contributed by atoms with van der Waals surface area (Å²) in [5.74, 6) is 1.84. The zero-order chi connectivity index (χ0) is 19.2. The van der Waals surface area contributed by atoms with Crippen LogP contribution in [0.4, 0.5) is 5.13 Å². The second-order valence-corrected chi connectivity index (χ2v) is 6.81. The molecule has 0 saturated heterocycles. The molecule has 3 aromatic rings. The van der Waals surface area contributed by atoms with Gasteiger partial charge in [-0.05, 0) is 13.0 Å². The van der Waals surface area contributed by atoms with Crippen molar-refractivity contribution in [2.75, 3.05) is 26.8 Å². The molecule has 7 heteroatoms. The first-order valence-corrected chi connectivity index (χ1v) is 9.09. The minimum absolute atomic E-state index is 0.600. The highest BCUT2D eigenvalue weighted by Crippen LogP contribution is 2.34. The van der Waals surface area contributed by atoms with Gasteiger partial charge in [0.15, 0.2) is 11.5 Å². The highest BCUT2D eigenvalue weighted by molar-refractivity contribution is 7.15. The van der Waals surface area contributed by atoms with Crippen molar-refractivity contribution in [3.63, 3.8) is 0 Å². The molecule has 6 nitrogen and oxygen atoms in total. The monoisotopic (exact) mass is 383 g/mol. The largest absolute Gasteiger partial charge is 0.496 e. The molecule has 0 aliphatic carbocycles. The van der Waals surface area contributed by atoms with Crippen LogP contribution >= 0.6 is 11.3 Å². The van der Waals surface area contributed by atoms with Crippen molar-refractivity contribution >= 4 is 22.7 Å². The summed E-state index contributed by atoms with van der Waals surface area (Å²) in [6.07, 6.45) is 1.67. The number of methoxy groups -OCH3 is 3. The first-order chi connectivity index (χ1) is 13.2. The van der Waals surface area contributed by atoms with E-state index in [1.807, 2.05) is 43.3 Å². The highest BCUT2D eigenvalue weighted by atomic mass is 32.1. The summed E-state index contributed by atoms with van der Waals surface area (Å²) < 4.78 is 16.0. The maximum atomic E-state index is 5.40. The van der Waals surface area contributed by atoms with Crippen molar-refractivity contribution in [2.24, 2.45) is 5.10 Å². The number of aromatic nitrogens is 1. The van der Waals surface area contributed by atoms with E-state index in [2.05, 4.69) is 15.5 Å². The fourth-order valence-electron chi connectivity index (χ4n) is 2.62. The van der Waals surface area contributed by atoms with Crippen LogP contribution < -0.4 is 19.6 Å². The number of rotatable bonds is 7. The van der Waals surface area contributed by atoms with Crippen LogP contribution in [-0.4, -0.2) is 32.5 Å². The van der Waals surface area contributed by atoms with Gasteiger partial charge in [-0.15, -0.1) is 11.3 Å². The van der Waals surface area contributed by atoms with E-state index < -0.39 is 0 Å². The average Bonchev–Trinajstić information content (AvgIpc) is 3.08. The average molecular weight is 383 g/mol. The Morgan fingerprint density at radius 2 is 1.63 bits per heavy atom. The van der Waals surface area contributed by atoms with Gasteiger partial charge in [0.2, 0.25) is 5.13 Å². The molecule has 3 rings (SSSR count). The van der Waals surface area contributed by atoms with Crippen LogP contribution in [0.3, 0.4) is 0 Å². The quantitative estimate of drug-likeness (QED) is 0.477. The predicted octanol–water partition coefficient (Wildman–Crippen LogP) is 4.59. The normalized spacial score (nSPS) is 10.8. The molecule has 0 amide bonds. The number of anilines is 1. The smallest absolute Gasteiger partial charge is 0.204 e. The number of hydrazone groups is 1. The summed E-state index contributed by atoms with van der Waals surface area (Å²) in [5, 5.41) is 5.02. The van der Waals surface area contributed by atoms with Crippen molar-refractivity contribution in [2.45, 2.75) is 6.92 Å². The van der Waals surface area contributed by atoms with E-state index >= 15 is 0 Å². The zero-order valence-corrected chi connectivity index (χ0v) is 16.5. The molecule has 0 atom stereocenters. The highest BCUT2D eigenvalue weighted by Gasteiger charge is 2.11. The summed E-state index contributed by atoms with van der Waals surface area (Å²) in [4.78, 5) is 5.76. The summed E-state index contributed by atoms with van der Waals surface area (Å²) >= 11 is 1.56. The van der Waals surface area contributed by atoms with Crippen molar-refractivity contribution < 1.29 is 14.2 Å². The fraction of sp³-hybridized carbons (Fsp3) is 0.200. The third-order valence-electron chi connectivity index (χ3n) is 3.94. The van der Waals surface area contributed by atoms with Gasteiger partial charge in [-0.25, -0.2) is 4.98 Å². The lowest BCUT2D eigenvalue weighted by atomic mass is 10.1. The maximum Gasteiger partial charge on any atom is 0.204 e. The Kier molecular flexibility index (Phi) is 5.93. The molecule has 1 aromatic heterocycles. The van der Waals surface area contributed by atoms with Gasteiger partial charge in [0, 0.05) is 22.1 Å². The third-order valence-corrected chi connectivity index (χ3v) is 4.82. The van der Waals surface area contributed by atoms with E-state index in [4.69, 9.17) is 14.2 Å². The molecule has 0 spiro atoms. The number of ether oxygens (including phenoxy) is 3. The van der Waals surface area contributed by atoms with Crippen molar-refractivity contribution in [1.29, 1.82) is 0 Å². The first kappa shape index (κ1) is 18.7. The number of hydrogen-bond donors (Lipinski definition) is 1. The minimum atomic E-state index is 0.600. The standard InChI is InChI=1S/C20H21N3O3S/c1-13-19(14-8-6-5-7-9-14)22-20(27-13)23-21-12-15-10-17(25-3)18(26-4)11-16(15)24-2/h5-12H,1-4H3,(H,22,23)/b21-12-. The van der Waals surface area contributed by atoms with Gasteiger partial charge in [0.1, 0.15) is 5.75 Å². The number of nitrogens with zero attached hydrogens (tertiary/aromatic N) is 2. The van der Waals surface area contributed by atoms with Crippen LogP contribution in [0.2, 0.25) is 0 Å².